The number of nitriles is 2. The third kappa shape index (κ3) is 3.84. The summed E-state index contributed by atoms with van der Waals surface area (Å²) in [6.07, 6.45) is 0. The van der Waals surface area contributed by atoms with Crippen LogP contribution < -0.4 is 0 Å². The molecule has 40 heavy (non-hydrogen) atoms. The third-order valence-corrected chi connectivity index (χ3v) is 6.37. The second-order valence-electron chi connectivity index (χ2n) is 8.52. The lowest BCUT2D eigenvalue weighted by molar-refractivity contribution is 0.547. The summed E-state index contributed by atoms with van der Waals surface area (Å²) < 4.78 is 86.2. The highest BCUT2D eigenvalue weighted by Crippen LogP contribution is 2.52. The first-order valence-electron chi connectivity index (χ1n) is 11.1. The van der Waals surface area contributed by atoms with Gasteiger partial charge in [-0.15, -0.1) is 0 Å². The summed E-state index contributed by atoms with van der Waals surface area (Å²) in [6, 6.07) is 9.98. The van der Waals surface area contributed by atoms with Crippen LogP contribution in [0.2, 0.25) is 0 Å². The van der Waals surface area contributed by atoms with E-state index >= 15 is 0 Å². The molecule has 0 amide bonds. The maximum Gasteiger partial charge on any atom is 0.270 e. The number of hydrogen-bond acceptors (Lipinski definition) is 2. The summed E-state index contributed by atoms with van der Waals surface area (Å²) in [5.74, 6) is -7.59. The standard InChI is InChI=1S/C30H8F6N4/c1-39-26-10-20-18(9-21(26)30-24(35)6-15(32)7-25(30)36)17-8-16(29-22(33)4-14(31)5-23(29)34)13(11-37)3-19(17)28(20)27(12-38)40-2/h3-10H/b28-27-. The van der Waals surface area contributed by atoms with Gasteiger partial charge in [-0.05, 0) is 46.0 Å². The highest BCUT2D eigenvalue weighted by molar-refractivity contribution is 6.07. The van der Waals surface area contributed by atoms with E-state index in [9.17, 15) is 36.9 Å². The zero-order valence-electron chi connectivity index (χ0n) is 19.7. The minimum absolute atomic E-state index is 0.0119. The highest BCUT2D eigenvalue weighted by atomic mass is 19.2. The molecule has 190 valence electrons. The first-order valence-corrected chi connectivity index (χ1v) is 11.1. The summed E-state index contributed by atoms with van der Waals surface area (Å²) in [6.45, 7) is 15.0. The highest BCUT2D eigenvalue weighted by Gasteiger charge is 2.32. The van der Waals surface area contributed by atoms with Crippen molar-refractivity contribution in [2.24, 2.45) is 0 Å². The Morgan fingerprint density at radius 3 is 1.52 bits per heavy atom. The lowest BCUT2D eigenvalue weighted by Gasteiger charge is -2.13. The first kappa shape index (κ1) is 25.8. The van der Waals surface area contributed by atoms with Crippen molar-refractivity contribution in [1.29, 1.82) is 10.5 Å². The minimum Gasteiger partial charge on any atom is -0.237 e. The monoisotopic (exact) mass is 538 g/mol. The average molecular weight is 538 g/mol. The molecule has 0 unspecified atom stereocenters. The lowest BCUT2D eigenvalue weighted by atomic mass is 9.92. The smallest absolute Gasteiger partial charge is 0.237 e. The second kappa shape index (κ2) is 9.48. The number of benzene rings is 4. The molecule has 0 aromatic heterocycles. The van der Waals surface area contributed by atoms with Crippen molar-refractivity contribution in [2.45, 2.75) is 0 Å². The van der Waals surface area contributed by atoms with E-state index < -0.39 is 51.7 Å². The Kier molecular flexibility index (Phi) is 6.11. The van der Waals surface area contributed by atoms with Crippen LogP contribution in [0.5, 0.6) is 0 Å². The molecule has 1 aliphatic carbocycles. The zero-order chi connectivity index (χ0) is 28.9. The lowest BCUT2D eigenvalue weighted by Crippen LogP contribution is -1.97. The molecule has 1 aliphatic rings. The van der Waals surface area contributed by atoms with Gasteiger partial charge in [-0.1, -0.05) is 6.07 Å². The molecule has 0 bridgehead atoms. The molecule has 4 aromatic rings. The fourth-order valence-electron chi connectivity index (χ4n) is 4.78. The van der Waals surface area contributed by atoms with Gasteiger partial charge in [0.25, 0.3) is 5.70 Å². The number of rotatable bonds is 2. The number of halogens is 6. The molecule has 0 spiro atoms. The topological polar surface area (TPSA) is 56.3 Å². The van der Waals surface area contributed by atoms with Crippen LogP contribution in [0, 0.1) is 70.7 Å². The van der Waals surface area contributed by atoms with Crippen LogP contribution in [-0.2, 0) is 0 Å². The van der Waals surface area contributed by atoms with Gasteiger partial charge in [0, 0.05) is 41.0 Å². The molecular weight excluding hydrogens is 530 g/mol. The van der Waals surface area contributed by atoms with Crippen molar-refractivity contribution in [2.75, 3.05) is 0 Å². The van der Waals surface area contributed by atoms with E-state index in [0.29, 0.717) is 24.3 Å². The Labute approximate surface area is 222 Å². The Balaban J connectivity index is 1.93. The van der Waals surface area contributed by atoms with Gasteiger partial charge in [0.1, 0.15) is 34.9 Å². The van der Waals surface area contributed by atoms with E-state index in [4.69, 9.17) is 13.1 Å². The SMILES string of the molecule is [C-]#[N+]/C(C#N)=C1/c2cc(C#N)c(-c3c(F)cc(F)cc3F)cc2-c2cc(-c3c(F)cc(F)cc3F)c([N+]#[C-])cc21. The Hall–Kier alpha value is -5.84. The summed E-state index contributed by atoms with van der Waals surface area (Å²) in [4.78, 5) is 6.54. The predicted octanol–water partition coefficient (Wildman–Crippen LogP) is 8.46. The number of nitrogens with zero attached hydrogens (tertiary/aromatic N) is 4. The van der Waals surface area contributed by atoms with Crippen molar-refractivity contribution in [3.05, 3.63) is 129 Å². The van der Waals surface area contributed by atoms with Gasteiger partial charge in [-0.2, -0.15) is 5.26 Å². The molecule has 10 heteroatoms. The fourth-order valence-corrected chi connectivity index (χ4v) is 4.78. The van der Waals surface area contributed by atoms with Gasteiger partial charge >= 0.3 is 0 Å². The Morgan fingerprint density at radius 1 is 0.600 bits per heavy atom. The molecule has 0 N–H and O–H groups in total. The van der Waals surface area contributed by atoms with Gasteiger partial charge in [-0.25, -0.2) is 41.3 Å². The molecule has 4 aromatic carbocycles. The van der Waals surface area contributed by atoms with Crippen LogP contribution >= 0.6 is 0 Å². The predicted molar refractivity (Wildman–Crippen MR) is 132 cm³/mol. The zero-order valence-corrected chi connectivity index (χ0v) is 19.7. The summed E-state index contributed by atoms with van der Waals surface area (Å²) in [5, 5.41) is 19.4. The van der Waals surface area contributed by atoms with Gasteiger partial charge in [0.05, 0.1) is 36.4 Å². The number of hydrogen-bond donors (Lipinski definition) is 0. The van der Waals surface area contributed by atoms with Crippen LogP contribution in [0.1, 0.15) is 16.7 Å². The molecule has 0 saturated heterocycles. The van der Waals surface area contributed by atoms with Crippen LogP contribution in [0.15, 0.2) is 54.2 Å². The van der Waals surface area contributed by atoms with E-state index in [1.165, 1.54) is 24.3 Å². The minimum atomic E-state index is -1.30. The van der Waals surface area contributed by atoms with Gasteiger partial charge in [0.15, 0.2) is 5.69 Å². The van der Waals surface area contributed by atoms with E-state index in [0.717, 1.165) is 0 Å². The number of fused-ring (bicyclic) bond motifs is 3. The Bertz CT molecular complexity index is 1830. The van der Waals surface area contributed by atoms with Gasteiger partial charge in [-0.3, -0.25) is 0 Å². The van der Waals surface area contributed by atoms with Gasteiger partial charge < -0.3 is 0 Å². The van der Waals surface area contributed by atoms with Crippen LogP contribution in [0.3, 0.4) is 0 Å². The second-order valence-corrected chi connectivity index (χ2v) is 8.52. The van der Waals surface area contributed by atoms with Crippen molar-refractivity contribution >= 4 is 11.3 Å². The molecule has 0 saturated carbocycles. The molecule has 0 aliphatic heterocycles. The average Bonchev–Trinajstić information content (AvgIpc) is 3.19. The molecule has 4 nitrogen and oxygen atoms in total. The van der Waals surface area contributed by atoms with Crippen molar-refractivity contribution in [3.63, 3.8) is 0 Å². The van der Waals surface area contributed by atoms with Crippen LogP contribution in [-0.4, -0.2) is 0 Å². The first-order chi connectivity index (χ1) is 19.1. The summed E-state index contributed by atoms with van der Waals surface area (Å²) in [7, 11) is 0. The van der Waals surface area contributed by atoms with E-state index in [1.807, 2.05) is 0 Å². The Morgan fingerprint density at radius 2 is 1.07 bits per heavy atom. The van der Waals surface area contributed by atoms with Gasteiger partial charge in [0.2, 0.25) is 0 Å². The van der Waals surface area contributed by atoms with Crippen molar-refractivity contribution in [3.8, 4) is 45.5 Å². The van der Waals surface area contributed by atoms with Crippen molar-refractivity contribution in [1.82, 2.24) is 0 Å². The van der Waals surface area contributed by atoms with Crippen LogP contribution in [0.25, 0.3) is 48.6 Å². The van der Waals surface area contributed by atoms with E-state index in [-0.39, 0.29) is 50.2 Å². The van der Waals surface area contributed by atoms with E-state index in [2.05, 4.69) is 9.69 Å². The quantitative estimate of drug-likeness (QED) is 0.129. The molecule has 5 rings (SSSR count). The van der Waals surface area contributed by atoms with E-state index in [1.54, 1.807) is 12.1 Å². The molecule has 0 radical (unpaired) electrons. The largest absolute Gasteiger partial charge is 0.270 e. The van der Waals surface area contributed by atoms with Crippen LogP contribution in [0.4, 0.5) is 32.0 Å². The third-order valence-electron chi connectivity index (χ3n) is 6.37. The van der Waals surface area contributed by atoms with Crippen molar-refractivity contribution < 1.29 is 26.3 Å². The number of allylic oxidation sites excluding steroid dienone is 1. The molecular formula is C30H8F6N4. The maximum absolute atomic E-state index is 14.8. The molecule has 0 heterocycles. The maximum atomic E-state index is 14.8. The fraction of sp³-hybridized carbons (Fsp3) is 0. The normalized spacial score (nSPS) is 12.4. The molecule has 0 fully saturated rings. The summed E-state index contributed by atoms with van der Waals surface area (Å²) in [5.41, 5.74) is -2.62. The molecule has 0 atom stereocenters. The summed E-state index contributed by atoms with van der Waals surface area (Å²) >= 11 is 0.